The first-order valence-electron chi connectivity index (χ1n) is 7.66. The molecule has 2 aromatic carbocycles. The van der Waals surface area contributed by atoms with Crippen molar-refractivity contribution in [2.24, 2.45) is 0 Å². The lowest BCUT2D eigenvalue weighted by Crippen LogP contribution is -2.31. The molecular formula is C19H18N2O3. The topological polar surface area (TPSA) is 71.2 Å². The molecule has 5 nitrogen and oxygen atoms in total. The van der Waals surface area contributed by atoms with Crippen LogP contribution in [0.15, 0.2) is 59.5 Å². The van der Waals surface area contributed by atoms with Crippen LogP contribution >= 0.6 is 0 Å². The van der Waals surface area contributed by atoms with Crippen molar-refractivity contribution in [1.82, 2.24) is 10.3 Å². The predicted octanol–water partition coefficient (Wildman–Crippen LogP) is 3.03. The Hall–Kier alpha value is -3.08. The smallest absolute Gasteiger partial charge is 0.257 e. The van der Waals surface area contributed by atoms with E-state index >= 15 is 0 Å². The number of H-pyrrole nitrogens is 1. The van der Waals surface area contributed by atoms with Crippen LogP contribution in [-0.2, 0) is 0 Å². The van der Waals surface area contributed by atoms with Crippen LogP contribution in [-0.4, -0.2) is 18.0 Å². The number of fused-ring (bicyclic) bond motifs is 1. The minimum absolute atomic E-state index is 0.0930. The zero-order valence-corrected chi connectivity index (χ0v) is 13.5. The van der Waals surface area contributed by atoms with Gasteiger partial charge >= 0.3 is 0 Å². The van der Waals surface area contributed by atoms with Gasteiger partial charge in [0.25, 0.3) is 5.91 Å². The van der Waals surface area contributed by atoms with Crippen LogP contribution in [0.3, 0.4) is 0 Å². The van der Waals surface area contributed by atoms with E-state index in [9.17, 15) is 9.59 Å². The van der Waals surface area contributed by atoms with Crippen molar-refractivity contribution in [3.8, 4) is 5.75 Å². The quantitative estimate of drug-likeness (QED) is 0.775. The number of carbonyl (C=O) groups is 1. The molecule has 1 aromatic heterocycles. The Morgan fingerprint density at radius 3 is 2.62 bits per heavy atom. The molecule has 5 heteroatoms. The van der Waals surface area contributed by atoms with Crippen molar-refractivity contribution in [3.05, 3.63) is 76.1 Å². The molecule has 3 rings (SSSR count). The van der Waals surface area contributed by atoms with E-state index in [0.717, 1.165) is 5.56 Å². The zero-order valence-electron chi connectivity index (χ0n) is 13.5. The monoisotopic (exact) mass is 322 g/mol. The van der Waals surface area contributed by atoms with Crippen LogP contribution < -0.4 is 15.5 Å². The fourth-order valence-corrected chi connectivity index (χ4v) is 2.71. The lowest BCUT2D eigenvalue weighted by atomic mass is 10.1. The average molecular weight is 322 g/mol. The molecule has 0 radical (unpaired) electrons. The third kappa shape index (κ3) is 2.88. The van der Waals surface area contributed by atoms with Crippen molar-refractivity contribution < 1.29 is 9.53 Å². The van der Waals surface area contributed by atoms with E-state index in [-0.39, 0.29) is 17.0 Å². The molecular weight excluding hydrogens is 304 g/mol. The van der Waals surface area contributed by atoms with Crippen LogP contribution in [0, 0.1) is 0 Å². The second kappa shape index (κ2) is 6.58. The number of amides is 1. The summed E-state index contributed by atoms with van der Waals surface area (Å²) in [4.78, 5) is 28.0. The summed E-state index contributed by atoms with van der Waals surface area (Å²) in [6.07, 6.45) is 1.45. The van der Waals surface area contributed by atoms with Gasteiger partial charge in [-0.25, -0.2) is 0 Å². The Morgan fingerprint density at radius 2 is 1.83 bits per heavy atom. The van der Waals surface area contributed by atoms with Crippen LogP contribution in [0.5, 0.6) is 5.75 Å². The van der Waals surface area contributed by atoms with Crippen molar-refractivity contribution in [3.63, 3.8) is 0 Å². The highest BCUT2D eigenvalue weighted by atomic mass is 16.5. The Kier molecular flexibility index (Phi) is 4.33. The molecule has 0 saturated carbocycles. The largest absolute Gasteiger partial charge is 0.496 e. The van der Waals surface area contributed by atoms with E-state index in [1.807, 2.05) is 37.3 Å². The molecule has 0 aliphatic carbocycles. The van der Waals surface area contributed by atoms with Crippen LogP contribution in [0.1, 0.15) is 28.9 Å². The van der Waals surface area contributed by atoms with Crippen molar-refractivity contribution >= 4 is 16.8 Å². The summed E-state index contributed by atoms with van der Waals surface area (Å²) in [5.74, 6) is 0.276. The van der Waals surface area contributed by atoms with Crippen LogP contribution in [0.4, 0.5) is 0 Å². The number of aromatic amines is 1. The summed E-state index contributed by atoms with van der Waals surface area (Å²) in [6, 6.07) is 14.3. The molecule has 1 atom stereocenters. The molecule has 1 heterocycles. The fraction of sp³-hybridized carbons (Fsp3) is 0.158. The second-order valence-electron chi connectivity index (χ2n) is 5.51. The number of rotatable bonds is 4. The van der Waals surface area contributed by atoms with Gasteiger partial charge in [0.1, 0.15) is 11.3 Å². The maximum absolute atomic E-state index is 12.5. The molecule has 2 N–H and O–H groups in total. The van der Waals surface area contributed by atoms with E-state index in [4.69, 9.17) is 4.74 Å². The highest BCUT2D eigenvalue weighted by molar-refractivity contribution is 5.97. The van der Waals surface area contributed by atoms with Crippen LogP contribution in [0.2, 0.25) is 0 Å². The summed E-state index contributed by atoms with van der Waals surface area (Å²) >= 11 is 0. The normalized spacial score (nSPS) is 11.9. The van der Waals surface area contributed by atoms with E-state index in [0.29, 0.717) is 16.7 Å². The average Bonchev–Trinajstić information content (AvgIpc) is 2.62. The van der Waals surface area contributed by atoms with Crippen molar-refractivity contribution in [1.29, 1.82) is 0 Å². The van der Waals surface area contributed by atoms with Gasteiger partial charge in [-0.05, 0) is 25.1 Å². The summed E-state index contributed by atoms with van der Waals surface area (Å²) in [6.45, 7) is 1.85. The minimum Gasteiger partial charge on any atom is -0.496 e. The molecule has 0 bridgehead atoms. The molecule has 1 amide bonds. The van der Waals surface area contributed by atoms with Gasteiger partial charge in [0, 0.05) is 22.7 Å². The molecule has 0 saturated heterocycles. The summed E-state index contributed by atoms with van der Waals surface area (Å²) < 4.78 is 5.32. The Bertz CT molecular complexity index is 946. The van der Waals surface area contributed by atoms with Gasteiger partial charge in [0.15, 0.2) is 0 Å². The summed E-state index contributed by atoms with van der Waals surface area (Å²) in [5, 5.41) is 3.35. The van der Waals surface area contributed by atoms with E-state index in [1.165, 1.54) is 6.20 Å². The third-order valence-electron chi connectivity index (χ3n) is 3.99. The molecule has 122 valence electrons. The number of pyridine rings is 1. The maximum atomic E-state index is 12.5. The standard InChI is InChI=1S/C19H18N2O3/c1-12(13-7-4-6-10-17(13)24-2)21-19(23)15-11-20-16-9-5-3-8-14(16)18(15)22/h3-12H,1-2H3,(H,20,22)(H,21,23)/t12-/m1/s1. The van der Waals surface area contributed by atoms with Gasteiger partial charge in [-0.3, -0.25) is 9.59 Å². The number of benzene rings is 2. The number of hydrogen-bond donors (Lipinski definition) is 2. The highest BCUT2D eigenvalue weighted by Crippen LogP contribution is 2.24. The fourth-order valence-electron chi connectivity index (χ4n) is 2.71. The second-order valence-corrected chi connectivity index (χ2v) is 5.51. The Labute approximate surface area is 139 Å². The predicted molar refractivity (Wildman–Crippen MR) is 93.4 cm³/mol. The minimum atomic E-state index is -0.416. The lowest BCUT2D eigenvalue weighted by molar-refractivity contribution is 0.0938. The maximum Gasteiger partial charge on any atom is 0.257 e. The third-order valence-corrected chi connectivity index (χ3v) is 3.99. The Morgan fingerprint density at radius 1 is 1.12 bits per heavy atom. The summed E-state index contributed by atoms with van der Waals surface area (Å²) in [5.41, 5.74) is 1.37. The number of hydrogen-bond acceptors (Lipinski definition) is 3. The van der Waals surface area contributed by atoms with E-state index < -0.39 is 5.91 Å². The summed E-state index contributed by atoms with van der Waals surface area (Å²) in [7, 11) is 1.58. The number of ether oxygens (including phenoxy) is 1. The number of methoxy groups -OCH3 is 1. The molecule has 3 aromatic rings. The highest BCUT2D eigenvalue weighted by Gasteiger charge is 2.17. The van der Waals surface area contributed by atoms with Gasteiger partial charge in [0.05, 0.1) is 13.2 Å². The number of para-hydroxylation sites is 2. The van der Waals surface area contributed by atoms with Gasteiger partial charge in [0.2, 0.25) is 5.43 Å². The molecule has 24 heavy (non-hydrogen) atoms. The van der Waals surface area contributed by atoms with Gasteiger partial charge in [-0.1, -0.05) is 30.3 Å². The van der Waals surface area contributed by atoms with Gasteiger partial charge in [-0.2, -0.15) is 0 Å². The first kappa shape index (κ1) is 15.8. The molecule has 0 unspecified atom stereocenters. The van der Waals surface area contributed by atoms with Crippen molar-refractivity contribution in [2.45, 2.75) is 13.0 Å². The number of nitrogens with one attached hydrogen (secondary N) is 2. The Balaban J connectivity index is 1.90. The van der Waals surface area contributed by atoms with E-state index in [1.54, 1.807) is 25.3 Å². The number of aromatic nitrogens is 1. The van der Waals surface area contributed by atoms with Gasteiger partial charge in [-0.15, -0.1) is 0 Å². The lowest BCUT2D eigenvalue weighted by Gasteiger charge is -2.17. The van der Waals surface area contributed by atoms with Crippen molar-refractivity contribution in [2.75, 3.05) is 7.11 Å². The molecule has 0 spiro atoms. The first-order valence-corrected chi connectivity index (χ1v) is 7.66. The van der Waals surface area contributed by atoms with Gasteiger partial charge < -0.3 is 15.0 Å². The SMILES string of the molecule is COc1ccccc1[C@@H](C)NC(=O)c1c[nH]c2ccccc2c1=O. The number of carbonyl (C=O) groups excluding carboxylic acids is 1. The van der Waals surface area contributed by atoms with Crippen LogP contribution in [0.25, 0.3) is 10.9 Å². The molecule has 0 aliphatic heterocycles. The van der Waals surface area contributed by atoms with E-state index in [2.05, 4.69) is 10.3 Å². The molecule has 0 fully saturated rings. The first-order chi connectivity index (χ1) is 11.6. The molecule has 0 aliphatic rings. The zero-order chi connectivity index (χ0) is 17.1.